The van der Waals surface area contributed by atoms with Gasteiger partial charge in [-0.2, -0.15) is 5.26 Å². The zero-order valence-electron chi connectivity index (χ0n) is 13.6. The maximum atomic E-state index is 11.5. The molecule has 1 atom stereocenters. The Bertz CT molecular complexity index is 749. The predicted molar refractivity (Wildman–Crippen MR) is 93.9 cm³/mol. The first-order chi connectivity index (χ1) is 11.6. The van der Waals surface area contributed by atoms with Crippen LogP contribution in [0, 0.1) is 16.7 Å². The number of nitrogens with zero attached hydrogens (tertiary/aromatic N) is 2. The summed E-state index contributed by atoms with van der Waals surface area (Å²) in [6.45, 7) is 2.03. The monoisotopic (exact) mass is 319 g/mol. The Morgan fingerprint density at radius 2 is 1.79 bits per heavy atom. The molecule has 1 unspecified atom stereocenters. The Morgan fingerprint density at radius 3 is 2.38 bits per heavy atom. The number of primary amides is 1. The smallest absolute Gasteiger partial charge is 0.239 e. The molecule has 0 saturated carbocycles. The van der Waals surface area contributed by atoms with Crippen molar-refractivity contribution in [1.29, 1.82) is 5.26 Å². The van der Waals surface area contributed by atoms with Crippen LogP contribution in [-0.4, -0.2) is 30.4 Å². The Labute approximate surface area is 142 Å². The fourth-order valence-electron chi connectivity index (χ4n) is 3.21. The van der Waals surface area contributed by atoms with Crippen molar-refractivity contribution in [2.45, 2.75) is 12.8 Å². The molecule has 0 aliphatic carbocycles. The maximum absolute atomic E-state index is 11.5. The number of carbonyl (C=O) groups excluding carboxylic acids is 1. The largest absolute Gasteiger partial charge is 0.368 e. The number of nitriles is 1. The van der Waals surface area contributed by atoms with Gasteiger partial charge in [-0.1, -0.05) is 54.6 Å². The van der Waals surface area contributed by atoms with Crippen LogP contribution in [0.5, 0.6) is 0 Å². The quantitative estimate of drug-likeness (QED) is 0.921. The summed E-state index contributed by atoms with van der Waals surface area (Å²) in [5, 5.41) is 9.25. The molecular formula is C20H21N3O. The van der Waals surface area contributed by atoms with E-state index in [0.29, 0.717) is 13.0 Å². The highest BCUT2D eigenvalue weighted by Crippen LogP contribution is 2.29. The summed E-state index contributed by atoms with van der Waals surface area (Å²) >= 11 is 0. The van der Waals surface area contributed by atoms with Crippen molar-refractivity contribution in [3.05, 3.63) is 60.2 Å². The molecular weight excluding hydrogens is 298 g/mol. The van der Waals surface area contributed by atoms with Gasteiger partial charge in [-0.05, 0) is 29.5 Å². The summed E-state index contributed by atoms with van der Waals surface area (Å²) < 4.78 is 0. The van der Waals surface area contributed by atoms with Crippen LogP contribution in [0.25, 0.3) is 11.1 Å². The molecule has 122 valence electrons. The highest BCUT2D eigenvalue weighted by Gasteiger charge is 2.43. The molecule has 0 bridgehead atoms. The molecule has 3 rings (SSSR count). The number of nitrogens with two attached hydrogens (primary N) is 1. The van der Waals surface area contributed by atoms with Crippen LogP contribution in [0.4, 0.5) is 0 Å². The molecule has 1 fully saturated rings. The minimum atomic E-state index is -1.00. The number of hydrogen-bond donors (Lipinski definition) is 1. The van der Waals surface area contributed by atoms with E-state index in [1.165, 1.54) is 16.7 Å². The molecule has 1 saturated heterocycles. The lowest BCUT2D eigenvalue weighted by Gasteiger charge is -2.18. The molecule has 1 aliphatic rings. The van der Waals surface area contributed by atoms with E-state index in [0.717, 1.165) is 19.5 Å². The topological polar surface area (TPSA) is 70.1 Å². The second-order valence-corrected chi connectivity index (χ2v) is 6.40. The van der Waals surface area contributed by atoms with Crippen molar-refractivity contribution in [3.8, 4) is 17.2 Å². The summed E-state index contributed by atoms with van der Waals surface area (Å²) in [4.78, 5) is 13.7. The molecule has 1 aliphatic heterocycles. The van der Waals surface area contributed by atoms with Crippen LogP contribution in [0.15, 0.2) is 54.6 Å². The first-order valence-corrected chi connectivity index (χ1v) is 8.21. The first kappa shape index (κ1) is 16.2. The minimum absolute atomic E-state index is 0.445. The van der Waals surface area contributed by atoms with Gasteiger partial charge in [-0.15, -0.1) is 0 Å². The summed E-state index contributed by atoms with van der Waals surface area (Å²) in [6, 6.07) is 21.0. The van der Waals surface area contributed by atoms with Gasteiger partial charge < -0.3 is 10.6 Å². The lowest BCUT2D eigenvalue weighted by atomic mass is 9.88. The minimum Gasteiger partial charge on any atom is -0.368 e. The highest BCUT2D eigenvalue weighted by molar-refractivity contribution is 5.84. The molecule has 24 heavy (non-hydrogen) atoms. The lowest BCUT2D eigenvalue weighted by Crippen LogP contribution is -2.38. The van der Waals surface area contributed by atoms with Crippen molar-refractivity contribution in [1.82, 2.24) is 4.90 Å². The van der Waals surface area contributed by atoms with Gasteiger partial charge in [0.05, 0.1) is 6.07 Å². The zero-order chi connectivity index (χ0) is 17.0. The molecule has 4 heteroatoms. The normalized spacial score (nSPS) is 20.6. The standard InChI is InChI=1S/C20H21N3O/c21-14-20(19(22)24)11-13-23(15-20)12-10-16-6-8-18(9-7-16)17-4-2-1-3-5-17/h1-9H,10-13,15H2,(H2,22,24). The van der Waals surface area contributed by atoms with Gasteiger partial charge in [-0.25, -0.2) is 0 Å². The van der Waals surface area contributed by atoms with E-state index in [4.69, 9.17) is 5.73 Å². The average Bonchev–Trinajstić information content (AvgIpc) is 3.06. The van der Waals surface area contributed by atoms with Gasteiger partial charge in [0.1, 0.15) is 5.41 Å². The summed E-state index contributed by atoms with van der Waals surface area (Å²) in [7, 11) is 0. The number of rotatable bonds is 5. The van der Waals surface area contributed by atoms with E-state index in [1.807, 2.05) is 18.2 Å². The summed E-state index contributed by atoms with van der Waals surface area (Å²) in [5.41, 5.74) is 8.06. The van der Waals surface area contributed by atoms with Crippen molar-refractivity contribution < 1.29 is 4.79 Å². The highest BCUT2D eigenvalue weighted by atomic mass is 16.1. The Morgan fingerprint density at radius 1 is 1.12 bits per heavy atom. The van der Waals surface area contributed by atoms with Crippen LogP contribution in [-0.2, 0) is 11.2 Å². The van der Waals surface area contributed by atoms with Gasteiger partial charge in [-0.3, -0.25) is 4.79 Å². The van der Waals surface area contributed by atoms with E-state index in [-0.39, 0.29) is 0 Å². The van der Waals surface area contributed by atoms with E-state index in [9.17, 15) is 10.1 Å². The van der Waals surface area contributed by atoms with Gasteiger partial charge in [0, 0.05) is 19.6 Å². The van der Waals surface area contributed by atoms with Crippen LogP contribution < -0.4 is 5.73 Å². The summed E-state index contributed by atoms with van der Waals surface area (Å²) in [5.74, 6) is -0.500. The fourth-order valence-corrected chi connectivity index (χ4v) is 3.21. The van der Waals surface area contributed by atoms with E-state index in [1.54, 1.807) is 0 Å². The maximum Gasteiger partial charge on any atom is 0.239 e. The molecule has 2 aromatic carbocycles. The number of carbonyl (C=O) groups is 1. The molecule has 0 spiro atoms. The number of hydrogen-bond acceptors (Lipinski definition) is 3. The molecule has 0 aromatic heterocycles. The Kier molecular flexibility index (Phi) is 4.64. The van der Waals surface area contributed by atoms with Crippen LogP contribution >= 0.6 is 0 Å². The third-order valence-corrected chi connectivity index (χ3v) is 4.81. The molecule has 2 N–H and O–H groups in total. The first-order valence-electron chi connectivity index (χ1n) is 8.21. The Hall–Kier alpha value is -2.64. The molecule has 0 radical (unpaired) electrons. The second kappa shape index (κ2) is 6.86. The predicted octanol–water partition coefficient (Wildman–Crippen LogP) is 2.60. The average molecular weight is 319 g/mol. The third kappa shape index (κ3) is 3.32. The number of likely N-dealkylation sites (tertiary alicyclic amines) is 1. The third-order valence-electron chi connectivity index (χ3n) is 4.81. The SMILES string of the molecule is N#CC1(C(N)=O)CCN(CCc2ccc(-c3ccccc3)cc2)C1. The van der Waals surface area contributed by atoms with Crippen molar-refractivity contribution >= 4 is 5.91 Å². The molecule has 1 heterocycles. The zero-order valence-corrected chi connectivity index (χ0v) is 13.6. The summed E-state index contributed by atoms with van der Waals surface area (Å²) in [6.07, 6.45) is 1.43. The van der Waals surface area contributed by atoms with Crippen molar-refractivity contribution in [2.24, 2.45) is 11.1 Å². The lowest BCUT2D eigenvalue weighted by molar-refractivity contribution is -0.124. The van der Waals surface area contributed by atoms with Gasteiger partial charge >= 0.3 is 0 Å². The van der Waals surface area contributed by atoms with Crippen LogP contribution in [0.3, 0.4) is 0 Å². The molecule has 1 amide bonds. The van der Waals surface area contributed by atoms with E-state index in [2.05, 4.69) is 47.4 Å². The molecule has 4 nitrogen and oxygen atoms in total. The van der Waals surface area contributed by atoms with Gasteiger partial charge in [0.15, 0.2) is 0 Å². The van der Waals surface area contributed by atoms with E-state index < -0.39 is 11.3 Å². The van der Waals surface area contributed by atoms with Crippen molar-refractivity contribution in [2.75, 3.05) is 19.6 Å². The number of benzene rings is 2. The Balaban J connectivity index is 1.58. The van der Waals surface area contributed by atoms with Gasteiger partial charge in [0.2, 0.25) is 5.91 Å². The van der Waals surface area contributed by atoms with Gasteiger partial charge in [0.25, 0.3) is 0 Å². The van der Waals surface area contributed by atoms with Crippen LogP contribution in [0.2, 0.25) is 0 Å². The number of amides is 1. The second-order valence-electron chi connectivity index (χ2n) is 6.40. The fraction of sp³-hybridized carbons (Fsp3) is 0.300. The van der Waals surface area contributed by atoms with Crippen molar-refractivity contribution in [3.63, 3.8) is 0 Å². The van der Waals surface area contributed by atoms with E-state index >= 15 is 0 Å². The molecule has 2 aromatic rings. The van der Waals surface area contributed by atoms with Crippen LogP contribution in [0.1, 0.15) is 12.0 Å².